The van der Waals surface area contributed by atoms with Gasteiger partial charge < -0.3 is 29.8 Å². The number of carbonyl (C=O) groups excluding carboxylic acids is 2. The smallest absolute Gasteiger partial charge is 0.408 e. The van der Waals surface area contributed by atoms with Crippen LogP contribution in [0.5, 0.6) is 5.75 Å². The van der Waals surface area contributed by atoms with Gasteiger partial charge in [-0.1, -0.05) is 5.16 Å². The molecule has 0 aliphatic heterocycles. The van der Waals surface area contributed by atoms with Gasteiger partial charge in [-0.3, -0.25) is 0 Å². The Morgan fingerprint density at radius 3 is 2.25 bits per heavy atom. The Kier molecular flexibility index (Phi) is 8.24. The largest absolute Gasteiger partial charge is 0.494 e. The van der Waals surface area contributed by atoms with Crippen LogP contribution in [0.25, 0.3) is 0 Å². The van der Waals surface area contributed by atoms with Crippen molar-refractivity contribution in [3.63, 3.8) is 0 Å². The van der Waals surface area contributed by atoms with E-state index in [4.69, 9.17) is 19.8 Å². The molecule has 0 heterocycles. The van der Waals surface area contributed by atoms with E-state index in [0.29, 0.717) is 5.75 Å². The zero-order valence-corrected chi connectivity index (χ0v) is 16.1. The van der Waals surface area contributed by atoms with Gasteiger partial charge in [0.1, 0.15) is 17.4 Å². The first-order valence-corrected chi connectivity index (χ1v) is 8.33. The molecule has 0 radical (unpaired) electrons. The van der Waals surface area contributed by atoms with Crippen molar-refractivity contribution in [3.8, 4) is 5.75 Å². The molecule has 0 fully saturated rings. The Hall–Kier alpha value is -3.30. The highest BCUT2D eigenvalue weighted by Gasteiger charge is 2.25. The summed E-state index contributed by atoms with van der Waals surface area (Å²) >= 11 is 0. The fourth-order valence-electron chi connectivity index (χ4n) is 2.07. The maximum atomic E-state index is 11.8. The third-order valence-corrected chi connectivity index (χ3v) is 3.28. The summed E-state index contributed by atoms with van der Waals surface area (Å²) in [5.41, 5.74) is -1.02. The quantitative estimate of drug-likeness (QED) is 0.261. The van der Waals surface area contributed by atoms with Crippen molar-refractivity contribution in [2.45, 2.75) is 38.8 Å². The van der Waals surface area contributed by atoms with Crippen molar-refractivity contribution < 1.29 is 38.9 Å². The number of nitrogens with zero attached hydrogens (tertiary/aromatic N) is 1. The van der Waals surface area contributed by atoms with E-state index < -0.39 is 35.4 Å². The van der Waals surface area contributed by atoms with E-state index in [1.54, 1.807) is 20.8 Å². The van der Waals surface area contributed by atoms with E-state index >= 15 is 0 Å². The van der Waals surface area contributed by atoms with Crippen LogP contribution >= 0.6 is 0 Å². The van der Waals surface area contributed by atoms with E-state index in [-0.39, 0.29) is 18.6 Å². The summed E-state index contributed by atoms with van der Waals surface area (Å²) in [7, 11) is 1.20. The number of esters is 1. The van der Waals surface area contributed by atoms with Crippen molar-refractivity contribution in [3.05, 3.63) is 29.8 Å². The first kappa shape index (κ1) is 22.7. The van der Waals surface area contributed by atoms with Crippen LogP contribution in [0, 0.1) is 0 Å². The summed E-state index contributed by atoms with van der Waals surface area (Å²) in [4.78, 5) is 34.6. The number of alkyl carbamates (subject to hydrolysis) is 1. The monoisotopic (exact) mass is 396 g/mol. The van der Waals surface area contributed by atoms with Gasteiger partial charge in [0.2, 0.25) is 0 Å². The zero-order chi connectivity index (χ0) is 21.3. The summed E-state index contributed by atoms with van der Waals surface area (Å²) in [5, 5.41) is 22.8. The van der Waals surface area contributed by atoms with Crippen LogP contribution in [-0.4, -0.2) is 59.4 Å². The molecule has 0 bridgehead atoms. The van der Waals surface area contributed by atoms with Gasteiger partial charge in [-0.25, -0.2) is 14.4 Å². The number of carboxylic acid groups (broad SMARTS) is 1. The third kappa shape index (κ3) is 7.52. The summed E-state index contributed by atoms with van der Waals surface area (Å²) < 4.78 is 15.3. The molecule has 3 N–H and O–H groups in total. The molecule has 1 aromatic carbocycles. The molecule has 0 spiro atoms. The second-order valence-corrected chi connectivity index (χ2v) is 6.64. The summed E-state index contributed by atoms with van der Waals surface area (Å²) in [6.45, 7) is 5.16. The van der Waals surface area contributed by atoms with Crippen LogP contribution < -0.4 is 10.1 Å². The minimum absolute atomic E-state index is 0.0643. The van der Waals surface area contributed by atoms with E-state index in [2.05, 4.69) is 15.2 Å². The van der Waals surface area contributed by atoms with Crippen LogP contribution in [0.3, 0.4) is 0 Å². The molecule has 1 atom stereocenters. The standard InChI is InChI=1S/C18H24N2O8/c1-18(2,3)28-17(24)19-13(16(23)26-4)9-10-27-12-7-5-11(6-8-12)14(20-25)15(21)22/h5-8,13,25H,9-10H2,1-4H3,(H,19,24)(H,21,22)/b20-14-. The summed E-state index contributed by atoms with van der Waals surface area (Å²) in [6.07, 6.45) is -0.636. The molecule has 10 heteroatoms. The third-order valence-electron chi connectivity index (χ3n) is 3.28. The maximum Gasteiger partial charge on any atom is 0.408 e. The normalized spacial score (nSPS) is 12.6. The highest BCUT2D eigenvalue weighted by atomic mass is 16.6. The average Bonchev–Trinajstić information content (AvgIpc) is 2.60. The number of nitrogens with one attached hydrogen (secondary N) is 1. The number of rotatable bonds is 8. The number of carboxylic acids is 1. The topological polar surface area (TPSA) is 144 Å². The first-order chi connectivity index (χ1) is 13.1. The Labute approximate surface area is 162 Å². The van der Waals surface area contributed by atoms with Crippen molar-refractivity contribution in [1.82, 2.24) is 5.32 Å². The molecule has 0 aromatic heterocycles. The molecule has 0 aliphatic rings. The molecule has 1 amide bonds. The van der Waals surface area contributed by atoms with Crippen molar-refractivity contribution in [2.24, 2.45) is 5.16 Å². The zero-order valence-electron chi connectivity index (χ0n) is 16.1. The predicted octanol–water partition coefficient (Wildman–Crippen LogP) is 1.78. The SMILES string of the molecule is COC(=O)C(CCOc1ccc(/C(=N/O)C(=O)O)cc1)NC(=O)OC(C)(C)C. The minimum atomic E-state index is -1.37. The van der Waals surface area contributed by atoms with Gasteiger partial charge in [0, 0.05) is 12.0 Å². The fraction of sp³-hybridized carbons (Fsp3) is 0.444. The Morgan fingerprint density at radius 2 is 1.79 bits per heavy atom. The van der Waals surface area contributed by atoms with Gasteiger partial charge in [0.15, 0.2) is 5.71 Å². The fourth-order valence-corrected chi connectivity index (χ4v) is 2.07. The number of hydrogen-bond acceptors (Lipinski definition) is 8. The molecule has 10 nitrogen and oxygen atoms in total. The van der Waals surface area contributed by atoms with E-state index in [1.807, 2.05) is 0 Å². The van der Waals surface area contributed by atoms with Crippen molar-refractivity contribution in [2.75, 3.05) is 13.7 Å². The second kappa shape index (κ2) is 10.1. The Morgan fingerprint density at radius 1 is 1.18 bits per heavy atom. The second-order valence-electron chi connectivity index (χ2n) is 6.64. The highest BCUT2D eigenvalue weighted by molar-refractivity contribution is 6.42. The summed E-state index contributed by atoms with van der Waals surface area (Å²) in [6, 6.07) is 4.83. The molecule has 0 aliphatic carbocycles. The number of amides is 1. The lowest BCUT2D eigenvalue weighted by Gasteiger charge is -2.22. The number of hydrogen-bond donors (Lipinski definition) is 3. The van der Waals surface area contributed by atoms with Crippen molar-refractivity contribution in [1.29, 1.82) is 0 Å². The number of ether oxygens (including phenoxy) is 3. The molecular formula is C18H24N2O8. The molecule has 1 aromatic rings. The van der Waals surface area contributed by atoms with Gasteiger partial charge in [-0.15, -0.1) is 0 Å². The average molecular weight is 396 g/mol. The van der Waals surface area contributed by atoms with Crippen LogP contribution in [0.4, 0.5) is 4.79 Å². The van der Waals surface area contributed by atoms with Crippen LogP contribution in [0.1, 0.15) is 32.8 Å². The van der Waals surface area contributed by atoms with Gasteiger partial charge in [0.25, 0.3) is 0 Å². The predicted molar refractivity (Wildman–Crippen MR) is 97.7 cm³/mol. The minimum Gasteiger partial charge on any atom is -0.494 e. The number of oxime groups is 1. The molecule has 154 valence electrons. The van der Waals surface area contributed by atoms with Gasteiger partial charge >= 0.3 is 18.0 Å². The lowest BCUT2D eigenvalue weighted by atomic mass is 10.1. The molecular weight excluding hydrogens is 372 g/mol. The maximum absolute atomic E-state index is 11.8. The number of aliphatic carboxylic acids is 1. The molecule has 0 saturated carbocycles. The van der Waals surface area contributed by atoms with Gasteiger partial charge in [0.05, 0.1) is 13.7 Å². The summed E-state index contributed by atoms with van der Waals surface area (Å²) in [5.74, 6) is -1.62. The number of benzene rings is 1. The van der Waals surface area contributed by atoms with E-state index in [9.17, 15) is 14.4 Å². The number of carbonyl (C=O) groups is 3. The Balaban J connectivity index is 2.65. The molecule has 1 unspecified atom stereocenters. The van der Waals surface area contributed by atoms with Gasteiger partial charge in [-0.05, 0) is 45.0 Å². The number of methoxy groups -OCH3 is 1. The van der Waals surface area contributed by atoms with E-state index in [1.165, 1.54) is 31.4 Å². The lowest BCUT2D eigenvalue weighted by Crippen LogP contribution is -2.44. The lowest BCUT2D eigenvalue weighted by molar-refractivity contribution is -0.143. The highest BCUT2D eigenvalue weighted by Crippen LogP contribution is 2.14. The van der Waals surface area contributed by atoms with Crippen LogP contribution in [0.15, 0.2) is 29.4 Å². The Bertz CT molecular complexity index is 722. The van der Waals surface area contributed by atoms with Crippen LogP contribution in [-0.2, 0) is 19.1 Å². The van der Waals surface area contributed by atoms with Gasteiger partial charge in [-0.2, -0.15) is 0 Å². The van der Waals surface area contributed by atoms with E-state index in [0.717, 1.165) is 0 Å². The van der Waals surface area contributed by atoms with Crippen molar-refractivity contribution >= 4 is 23.7 Å². The molecule has 0 saturated heterocycles. The molecule has 1 rings (SSSR count). The van der Waals surface area contributed by atoms with Crippen LogP contribution in [0.2, 0.25) is 0 Å². The first-order valence-electron chi connectivity index (χ1n) is 8.33. The molecule has 28 heavy (non-hydrogen) atoms.